The number of nitrogen functional groups attached to an aromatic ring is 2. The van der Waals surface area contributed by atoms with E-state index in [1.807, 2.05) is 25.1 Å². The summed E-state index contributed by atoms with van der Waals surface area (Å²) in [5.41, 5.74) is 11.4. The van der Waals surface area contributed by atoms with Gasteiger partial charge >= 0.3 is 0 Å². The first-order valence-corrected chi connectivity index (χ1v) is 7.27. The van der Waals surface area contributed by atoms with Crippen molar-refractivity contribution in [3.05, 3.63) is 11.9 Å². The van der Waals surface area contributed by atoms with Gasteiger partial charge in [0.1, 0.15) is 17.5 Å². The van der Waals surface area contributed by atoms with Gasteiger partial charge in [0, 0.05) is 39.2 Å². The maximum atomic E-state index is 5.81. The van der Waals surface area contributed by atoms with Crippen molar-refractivity contribution < 1.29 is 0 Å². The van der Waals surface area contributed by atoms with Gasteiger partial charge < -0.3 is 21.3 Å². The van der Waals surface area contributed by atoms with E-state index in [9.17, 15) is 0 Å². The zero-order valence-electron chi connectivity index (χ0n) is 12.8. The van der Waals surface area contributed by atoms with Crippen molar-refractivity contribution in [1.82, 2.24) is 25.1 Å². The van der Waals surface area contributed by atoms with E-state index in [1.54, 1.807) is 0 Å². The van der Waals surface area contributed by atoms with Gasteiger partial charge in [-0.25, -0.2) is 0 Å². The topological polar surface area (TPSA) is 126 Å². The van der Waals surface area contributed by atoms with Crippen LogP contribution in [0.15, 0.2) is 6.07 Å². The van der Waals surface area contributed by atoms with Crippen molar-refractivity contribution >= 4 is 23.5 Å². The van der Waals surface area contributed by atoms with E-state index in [1.165, 1.54) is 0 Å². The highest BCUT2D eigenvalue weighted by Gasteiger charge is 2.24. The first kappa shape index (κ1) is 14.4. The summed E-state index contributed by atoms with van der Waals surface area (Å²) in [7, 11) is 3.87. The summed E-state index contributed by atoms with van der Waals surface area (Å²) in [6.45, 7) is 1.77. The highest BCUT2D eigenvalue weighted by atomic mass is 15.3. The van der Waals surface area contributed by atoms with Crippen molar-refractivity contribution in [2.75, 3.05) is 48.5 Å². The molecule has 22 heavy (non-hydrogen) atoms. The van der Waals surface area contributed by atoms with Crippen LogP contribution in [0.4, 0.5) is 23.5 Å². The molecule has 0 radical (unpaired) electrons. The van der Waals surface area contributed by atoms with Gasteiger partial charge in [0.25, 0.3) is 0 Å². The van der Waals surface area contributed by atoms with E-state index >= 15 is 0 Å². The molecular weight excluding hydrogens is 282 g/mol. The van der Waals surface area contributed by atoms with Crippen LogP contribution < -0.4 is 21.3 Å². The van der Waals surface area contributed by atoms with E-state index in [2.05, 4.69) is 30.0 Å². The van der Waals surface area contributed by atoms with E-state index in [0.717, 1.165) is 43.4 Å². The summed E-state index contributed by atoms with van der Waals surface area (Å²) < 4.78 is 0. The van der Waals surface area contributed by atoms with Crippen molar-refractivity contribution in [3.63, 3.8) is 0 Å². The summed E-state index contributed by atoms with van der Waals surface area (Å²) in [4.78, 5) is 16.9. The molecule has 1 saturated heterocycles. The third-order valence-corrected chi connectivity index (χ3v) is 3.90. The highest BCUT2D eigenvalue weighted by Crippen LogP contribution is 2.29. The lowest BCUT2D eigenvalue weighted by Crippen LogP contribution is -2.34. The Bertz CT molecular complexity index is 643. The van der Waals surface area contributed by atoms with Crippen LogP contribution >= 0.6 is 0 Å². The normalized spacial score (nSPS) is 16.0. The highest BCUT2D eigenvalue weighted by molar-refractivity contribution is 5.53. The molecule has 1 fully saturated rings. The minimum Gasteiger partial charge on any atom is -0.368 e. The number of nitrogens with zero attached hydrogens (tertiary/aromatic N) is 6. The molecule has 0 aromatic carbocycles. The van der Waals surface area contributed by atoms with Crippen molar-refractivity contribution in [2.45, 2.75) is 18.8 Å². The molecule has 5 N–H and O–H groups in total. The van der Waals surface area contributed by atoms with Crippen LogP contribution in [0.25, 0.3) is 0 Å². The molecule has 3 heterocycles. The molecular formula is C13H21N9. The Kier molecular flexibility index (Phi) is 3.70. The van der Waals surface area contributed by atoms with Crippen LogP contribution in [0, 0.1) is 0 Å². The van der Waals surface area contributed by atoms with Crippen LogP contribution in [-0.4, -0.2) is 52.3 Å². The summed E-state index contributed by atoms with van der Waals surface area (Å²) in [6.07, 6.45) is 1.94. The third kappa shape index (κ3) is 2.87. The number of hydrogen-bond acceptors (Lipinski definition) is 8. The number of nitrogens with one attached hydrogen (secondary N) is 1. The lowest BCUT2D eigenvalue weighted by atomic mass is 9.96. The molecule has 118 valence electrons. The predicted molar refractivity (Wildman–Crippen MR) is 85.8 cm³/mol. The minimum atomic E-state index is 0.298. The fourth-order valence-electron chi connectivity index (χ4n) is 2.68. The van der Waals surface area contributed by atoms with Gasteiger partial charge in [0.2, 0.25) is 11.9 Å². The van der Waals surface area contributed by atoms with Crippen LogP contribution in [0.2, 0.25) is 0 Å². The van der Waals surface area contributed by atoms with Crippen LogP contribution in [0.1, 0.15) is 24.6 Å². The van der Waals surface area contributed by atoms with Gasteiger partial charge in [-0.15, -0.1) is 5.10 Å². The lowest BCUT2D eigenvalue weighted by Gasteiger charge is -2.32. The average Bonchev–Trinajstić information content (AvgIpc) is 2.93. The zero-order valence-corrected chi connectivity index (χ0v) is 12.8. The van der Waals surface area contributed by atoms with Gasteiger partial charge in [-0.3, -0.25) is 5.10 Å². The number of nitrogens with two attached hydrogens (primary N) is 2. The number of aromatic amines is 1. The van der Waals surface area contributed by atoms with Gasteiger partial charge in [-0.2, -0.15) is 15.0 Å². The van der Waals surface area contributed by atoms with E-state index < -0.39 is 0 Å². The van der Waals surface area contributed by atoms with Gasteiger partial charge in [-0.1, -0.05) is 0 Å². The van der Waals surface area contributed by atoms with Crippen molar-refractivity contribution in [3.8, 4) is 0 Å². The Morgan fingerprint density at radius 2 is 1.86 bits per heavy atom. The third-order valence-electron chi connectivity index (χ3n) is 3.90. The Morgan fingerprint density at radius 1 is 1.14 bits per heavy atom. The summed E-state index contributed by atoms with van der Waals surface area (Å²) >= 11 is 0. The molecule has 0 atom stereocenters. The molecule has 0 spiro atoms. The second-order valence-electron chi connectivity index (χ2n) is 5.68. The number of aromatic nitrogens is 5. The quantitative estimate of drug-likeness (QED) is 0.734. The summed E-state index contributed by atoms with van der Waals surface area (Å²) in [5.74, 6) is 3.50. The second-order valence-corrected chi connectivity index (χ2v) is 5.68. The lowest BCUT2D eigenvalue weighted by molar-refractivity contribution is 0.484. The van der Waals surface area contributed by atoms with Crippen LogP contribution in [0.3, 0.4) is 0 Å². The molecule has 2 aromatic heterocycles. The minimum absolute atomic E-state index is 0.298. The predicted octanol–water partition coefficient (Wildman–Crippen LogP) is 0.209. The van der Waals surface area contributed by atoms with Gasteiger partial charge in [-0.05, 0) is 12.8 Å². The summed E-state index contributed by atoms with van der Waals surface area (Å²) in [6, 6.07) is 1.96. The zero-order chi connectivity index (χ0) is 15.7. The Hall–Kier alpha value is -2.58. The summed E-state index contributed by atoms with van der Waals surface area (Å²) in [5, 5.41) is 6.80. The van der Waals surface area contributed by atoms with Crippen molar-refractivity contribution in [2.24, 2.45) is 0 Å². The second kappa shape index (κ2) is 5.66. The van der Waals surface area contributed by atoms with E-state index in [0.29, 0.717) is 17.8 Å². The number of anilines is 4. The molecule has 1 aliphatic rings. The number of hydrogen-bond donors (Lipinski definition) is 3. The molecule has 3 rings (SSSR count). The maximum absolute atomic E-state index is 5.81. The Labute approximate surface area is 128 Å². The van der Waals surface area contributed by atoms with E-state index in [-0.39, 0.29) is 0 Å². The molecule has 2 aromatic rings. The maximum Gasteiger partial charge on any atom is 0.239 e. The SMILES string of the molecule is CN(C)c1cc(N2CCC(c3nc(N)n[nH]3)CC2)nc(N)n1. The van der Waals surface area contributed by atoms with Crippen LogP contribution in [-0.2, 0) is 0 Å². The molecule has 0 unspecified atom stereocenters. The van der Waals surface area contributed by atoms with Crippen molar-refractivity contribution in [1.29, 1.82) is 0 Å². The first-order chi connectivity index (χ1) is 10.5. The molecule has 0 saturated carbocycles. The first-order valence-electron chi connectivity index (χ1n) is 7.27. The average molecular weight is 303 g/mol. The molecule has 0 bridgehead atoms. The Balaban J connectivity index is 1.71. The largest absolute Gasteiger partial charge is 0.368 e. The molecule has 1 aliphatic heterocycles. The number of rotatable bonds is 3. The molecule has 9 heteroatoms. The molecule has 9 nitrogen and oxygen atoms in total. The fourth-order valence-corrected chi connectivity index (χ4v) is 2.68. The van der Waals surface area contributed by atoms with E-state index in [4.69, 9.17) is 11.5 Å². The smallest absolute Gasteiger partial charge is 0.239 e. The Morgan fingerprint density at radius 3 is 2.45 bits per heavy atom. The van der Waals surface area contributed by atoms with Crippen LogP contribution in [0.5, 0.6) is 0 Å². The van der Waals surface area contributed by atoms with Gasteiger partial charge in [0.15, 0.2) is 0 Å². The number of piperidine rings is 1. The monoisotopic (exact) mass is 303 g/mol. The molecule has 0 aliphatic carbocycles. The molecule has 0 amide bonds. The fraction of sp³-hybridized carbons (Fsp3) is 0.538. The van der Waals surface area contributed by atoms with Gasteiger partial charge in [0.05, 0.1) is 0 Å². The number of H-pyrrole nitrogens is 1. The standard InChI is InChI=1S/C13H21N9/c1-21(2)9-7-10(17-12(14)16-9)22-5-3-8(4-6-22)11-18-13(15)20-19-11/h7-8H,3-6H2,1-2H3,(H2,14,16,17)(H3,15,18,19,20).